The fourth-order valence-corrected chi connectivity index (χ4v) is 5.35. The average Bonchev–Trinajstić information content (AvgIpc) is 3.42. The van der Waals surface area contributed by atoms with Crippen LogP contribution in [0.5, 0.6) is 0 Å². The number of allylic oxidation sites excluding steroid dienone is 1. The molecule has 9 heteroatoms. The van der Waals surface area contributed by atoms with E-state index in [-0.39, 0.29) is 71.7 Å². The second kappa shape index (κ2) is 11.3. The minimum atomic E-state index is -1.35. The van der Waals surface area contributed by atoms with Gasteiger partial charge < -0.3 is 34.7 Å². The summed E-state index contributed by atoms with van der Waals surface area (Å²) in [6, 6.07) is 0. The van der Waals surface area contributed by atoms with Crippen molar-refractivity contribution in [2.75, 3.05) is 0 Å². The predicted molar refractivity (Wildman–Crippen MR) is 108 cm³/mol. The van der Waals surface area contributed by atoms with Gasteiger partial charge in [-0.3, -0.25) is 4.79 Å². The first-order valence-electron chi connectivity index (χ1n) is 11.4. The molecule has 2 fully saturated rings. The molecular formula is C23H35NaO8. The van der Waals surface area contributed by atoms with Crippen LogP contribution in [0.1, 0.15) is 59.3 Å². The van der Waals surface area contributed by atoms with Crippen LogP contribution in [-0.2, 0) is 19.1 Å². The van der Waals surface area contributed by atoms with Gasteiger partial charge in [0.15, 0.2) is 0 Å². The molecule has 0 amide bonds. The molecule has 2 aliphatic carbocycles. The topological polar surface area (TPSA) is 140 Å². The molecule has 3 aliphatic rings. The van der Waals surface area contributed by atoms with Crippen LogP contribution in [0.4, 0.5) is 0 Å². The van der Waals surface area contributed by atoms with E-state index in [1.807, 2.05) is 19.9 Å². The van der Waals surface area contributed by atoms with Crippen molar-refractivity contribution in [1.82, 2.24) is 0 Å². The van der Waals surface area contributed by atoms with E-state index in [1.165, 1.54) is 0 Å². The molecule has 3 N–H and O–H groups in total. The molecular weight excluding hydrogens is 427 g/mol. The molecule has 1 spiro atoms. The van der Waals surface area contributed by atoms with Crippen LogP contribution >= 0.6 is 0 Å². The number of rotatable bonds is 10. The third-order valence-electron chi connectivity index (χ3n) is 7.32. The number of carbonyl (C=O) groups is 2. The van der Waals surface area contributed by atoms with E-state index >= 15 is 0 Å². The quantitative estimate of drug-likeness (QED) is 0.138. The zero-order chi connectivity index (χ0) is 22.9. The van der Waals surface area contributed by atoms with E-state index < -0.39 is 42.4 Å². The number of aliphatic hydroxyl groups excluding tert-OH is 3. The number of aliphatic hydroxyl groups is 3. The van der Waals surface area contributed by atoms with Gasteiger partial charge in [0, 0.05) is 24.7 Å². The smallest absolute Gasteiger partial charge is 0.550 e. The maximum absolute atomic E-state index is 12.5. The molecule has 1 saturated heterocycles. The van der Waals surface area contributed by atoms with Crippen LogP contribution in [0.2, 0.25) is 0 Å². The Morgan fingerprint density at radius 1 is 1.31 bits per heavy atom. The zero-order valence-electron chi connectivity index (χ0n) is 19.5. The number of aliphatic carboxylic acids is 1. The number of carbonyl (C=O) groups excluding carboxylic acids is 2. The Morgan fingerprint density at radius 2 is 2.00 bits per heavy atom. The average molecular weight is 463 g/mol. The molecule has 1 aliphatic heterocycles. The third kappa shape index (κ3) is 5.95. The molecule has 0 aromatic rings. The van der Waals surface area contributed by atoms with Crippen LogP contribution < -0.4 is 34.7 Å². The van der Waals surface area contributed by atoms with Crippen molar-refractivity contribution < 1.29 is 69.0 Å². The molecule has 0 aromatic carbocycles. The van der Waals surface area contributed by atoms with Crippen molar-refractivity contribution in [2.45, 2.75) is 95.4 Å². The first kappa shape index (κ1) is 27.8. The maximum Gasteiger partial charge on any atom is 1.00 e. The van der Waals surface area contributed by atoms with E-state index in [4.69, 9.17) is 9.47 Å². The van der Waals surface area contributed by atoms with Gasteiger partial charge in [0.1, 0.15) is 17.8 Å². The SMILES string of the molecule is CC[C@H](C)C(=O)O[C@H]1C[C@H](O)[C@@H]2O[C@@]23C=C[C@H](C)[C@H](CC[C@@H](O)C[C@@H](O)CC(=O)[O-])[C@@H]13.[Na+]. The molecule has 32 heavy (non-hydrogen) atoms. The number of hydrogen-bond donors (Lipinski definition) is 3. The molecule has 0 unspecified atom stereocenters. The fraction of sp³-hybridized carbons (Fsp3) is 0.826. The fourth-order valence-electron chi connectivity index (χ4n) is 5.35. The van der Waals surface area contributed by atoms with Gasteiger partial charge in [-0.05, 0) is 37.5 Å². The van der Waals surface area contributed by atoms with Gasteiger partial charge in [-0.25, -0.2) is 0 Å². The zero-order valence-corrected chi connectivity index (χ0v) is 21.5. The number of hydrogen-bond acceptors (Lipinski definition) is 8. The summed E-state index contributed by atoms with van der Waals surface area (Å²) in [5.74, 6) is -1.79. The number of carboxylic acids is 1. The summed E-state index contributed by atoms with van der Waals surface area (Å²) in [5, 5.41) is 41.2. The normalized spacial score (nSPS) is 37.8. The minimum absolute atomic E-state index is 0. The molecule has 3 rings (SSSR count). The van der Waals surface area contributed by atoms with Gasteiger partial charge in [-0.1, -0.05) is 32.9 Å². The van der Waals surface area contributed by atoms with Crippen molar-refractivity contribution in [3.63, 3.8) is 0 Å². The number of epoxide rings is 1. The van der Waals surface area contributed by atoms with Crippen LogP contribution in [0.25, 0.3) is 0 Å². The molecule has 10 atom stereocenters. The molecule has 0 aromatic heterocycles. The van der Waals surface area contributed by atoms with Gasteiger partial charge in [0.25, 0.3) is 0 Å². The predicted octanol–water partition coefficient (Wildman–Crippen LogP) is -2.68. The molecule has 0 radical (unpaired) electrons. The summed E-state index contributed by atoms with van der Waals surface area (Å²) in [4.78, 5) is 23.1. The molecule has 1 saturated carbocycles. The summed E-state index contributed by atoms with van der Waals surface area (Å²) >= 11 is 0. The second-order valence-corrected chi connectivity index (χ2v) is 9.58. The van der Waals surface area contributed by atoms with E-state index in [1.54, 1.807) is 0 Å². The van der Waals surface area contributed by atoms with Crippen molar-refractivity contribution >= 4 is 11.9 Å². The molecule has 176 valence electrons. The van der Waals surface area contributed by atoms with Crippen LogP contribution in [-0.4, -0.2) is 63.4 Å². The van der Waals surface area contributed by atoms with Crippen LogP contribution in [0.15, 0.2) is 12.2 Å². The second-order valence-electron chi connectivity index (χ2n) is 9.58. The van der Waals surface area contributed by atoms with Crippen molar-refractivity contribution in [1.29, 1.82) is 0 Å². The number of carboxylic acid groups (broad SMARTS) is 1. The summed E-state index contributed by atoms with van der Waals surface area (Å²) in [6.45, 7) is 5.82. The van der Waals surface area contributed by atoms with E-state index in [2.05, 4.69) is 13.0 Å². The Kier molecular flexibility index (Phi) is 9.80. The van der Waals surface area contributed by atoms with E-state index in [0.29, 0.717) is 25.7 Å². The van der Waals surface area contributed by atoms with Crippen molar-refractivity contribution in [3.05, 3.63) is 12.2 Å². The van der Waals surface area contributed by atoms with E-state index in [9.17, 15) is 30.0 Å². The van der Waals surface area contributed by atoms with Crippen molar-refractivity contribution in [2.24, 2.45) is 23.7 Å². The molecule has 8 nitrogen and oxygen atoms in total. The van der Waals surface area contributed by atoms with Crippen LogP contribution in [0.3, 0.4) is 0 Å². The summed E-state index contributed by atoms with van der Waals surface area (Å²) in [5.41, 5.74) is -0.644. The first-order valence-corrected chi connectivity index (χ1v) is 11.4. The minimum Gasteiger partial charge on any atom is -0.550 e. The third-order valence-corrected chi connectivity index (χ3v) is 7.32. The van der Waals surface area contributed by atoms with Gasteiger partial charge >= 0.3 is 35.5 Å². The monoisotopic (exact) mass is 462 g/mol. The number of esters is 1. The summed E-state index contributed by atoms with van der Waals surface area (Å²) < 4.78 is 11.9. The van der Waals surface area contributed by atoms with Gasteiger partial charge in [-0.15, -0.1) is 0 Å². The molecule has 0 bridgehead atoms. The number of ether oxygens (including phenoxy) is 2. The van der Waals surface area contributed by atoms with Crippen molar-refractivity contribution in [3.8, 4) is 0 Å². The van der Waals surface area contributed by atoms with E-state index in [0.717, 1.165) is 0 Å². The first-order chi connectivity index (χ1) is 14.6. The maximum atomic E-state index is 12.5. The summed E-state index contributed by atoms with van der Waals surface area (Å²) in [6.07, 6.45) is 1.99. The van der Waals surface area contributed by atoms with Gasteiger partial charge in [-0.2, -0.15) is 0 Å². The Labute approximate surface area is 211 Å². The Bertz CT molecular complexity index is 699. The Hall–Kier alpha value is -0.480. The Morgan fingerprint density at radius 3 is 2.62 bits per heavy atom. The standard InChI is InChI=1S/C23H36O8.Na/c1-4-12(2)22(29)30-18-11-17(26)21-23(31-21)8-7-13(3)16(20(18)23)6-5-14(24)9-15(25)10-19(27)28;/h7-8,12-18,20-21,24-26H,4-6,9-11H2,1-3H3,(H,27,28);/q;+1/p-1/t12-,13-,14+,15+,16-,17-,18-,20-,21-,23+;/m0./s1. The van der Waals surface area contributed by atoms with Gasteiger partial charge in [0.2, 0.25) is 0 Å². The largest absolute Gasteiger partial charge is 1.00 e. The van der Waals surface area contributed by atoms with Crippen LogP contribution in [0, 0.1) is 23.7 Å². The Balaban J connectivity index is 0.00000363. The molecule has 1 heterocycles. The van der Waals surface area contributed by atoms with Gasteiger partial charge in [0.05, 0.1) is 24.2 Å². The summed E-state index contributed by atoms with van der Waals surface area (Å²) in [7, 11) is 0.